The minimum Gasteiger partial charge on any atom is -0.339 e. The molecule has 2 aliphatic carbocycles. The van der Waals surface area contributed by atoms with E-state index in [0.29, 0.717) is 11.7 Å². The SMILES string of the molecule is c1cc(-c2noc(C3CC3C3CC3)n2)ns1. The van der Waals surface area contributed by atoms with Crippen LogP contribution in [-0.2, 0) is 0 Å². The van der Waals surface area contributed by atoms with Gasteiger partial charge in [-0.1, -0.05) is 5.16 Å². The molecular weight excluding hydrogens is 222 g/mol. The zero-order valence-electron chi connectivity index (χ0n) is 8.67. The topological polar surface area (TPSA) is 51.8 Å². The van der Waals surface area contributed by atoms with E-state index in [1.165, 1.54) is 30.8 Å². The van der Waals surface area contributed by atoms with Gasteiger partial charge < -0.3 is 4.52 Å². The van der Waals surface area contributed by atoms with Crippen molar-refractivity contribution in [2.24, 2.45) is 11.8 Å². The van der Waals surface area contributed by atoms with Crippen molar-refractivity contribution < 1.29 is 4.52 Å². The molecule has 5 heteroatoms. The fourth-order valence-electron chi connectivity index (χ4n) is 2.36. The van der Waals surface area contributed by atoms with Crippen LogP contribution in [0, 0.1) is 11.8 Å². The van der Waals surface area contributed by atoms with Crippen LogP contribution in [0.5, 0.6) is 0 Å². The second kappa shape index (κ2) is 3.13. The highest BCUT2D eigenvalue weighted by Crippen LogP contribution is 2.58. The van der Waals surface area contributed by atoms with E-state index in [2.05, 4.69) is 14.5 Å². The molecule has 0 amide bonds. The minimum atomic E-state index is 0.535. The van der Waals surface area contributed by atoms with Crippen LogP contribution in [0.25, 0.3) is 11.5 Å². The van der Waals surface area contributed by atoms with E-state index >= 15 is 0 Å². The summed E-state index contributed by atoms with van der Waals surface area (Å²) in [6.07, 6.45) is 4.03. The summed E-state index contributed by atoms with van der Waals surface area (Å²) in [5.41, 5.74) is 0.823. The molecule has 2 unspecified atom stereocenters. The summed E-state index contributed by atoms with van der Waals surface area (Å²) in [4.78, 5) is 4.44. The van der Waals surface area contributed by atoms with Crippen molar-refractivity contribution in [3.8, 4) is 11.5 Å². The van der Waals surface area contributed by atoms with Crippen LogP contribution in [0.4, 0.5) is 0 Å². The Balaban J connectivity index is 1.57. The zero-order chi connectivity index (χ0) is 10.5. The summed E-state index contributed by atoms with van der Waals surface area (Å²) in [6.45, 7) is 0. The molecule has 82 valence electrons. The number of rotatable bonds is 3. The van der Waals surface area contributed by atoms with Gasteiger partial charge in [0.15, 0.2) is 0 Å². The van der Waals surface area contributed by atoms with Crippen molar-refractivity contribution in [1.29, 1.82) is 0 Å². The molecule has 4 rings (SSSR count). The lowest BCUT2D eigenvalue weighted by atomic mass is 10.2. The average Bonchev–Trinajstić information content (AvgIpc) is 3.16. The molecule has 16 heavy (non-hydrogen) atoms. The first-order chi connectivity index (χ1) is 7.92. The van der Waals surface area contributed by atoms with Crippen molar-refractivity contribution in [2.45, 2.75) is 25.2 Å². The highest BCUT2D eigenvalue weighted by molar-refractivity contribution is 7.03. The van der Waals surface area contributed by atoms with Gasteiger partial charge in [-0.25, -0.2) is 0 Å². The Morgan fingerprint density at radius 3 is 3.06 bits per heavy atom. The molecule has 0 saturated heterocycles. The Bertz CT molecular complexity index is 503. The summed E-state index contributed by atoms with van der Waals surface area (Å²) in [7, 11) is 0. The molecule has 2 saturated carbocycles. The molecule has 2 fully saturated rings. The van der Waals surface area contributed by atoms with Crippen LogP contribution in [0.15, 0.2) is 16.0 Å². The first-order valence-electron chi connectivity index (χ1n) is 5.66. The van der Waals surface area contributed by atoms with Crippen LogP contribution in [0.3, 0.4) is 0 Å². The fraction of sp³-hybridized carbons (Fsp3) is 0.545. The van der Waals surface area contributed by atoms with Gasteiger partial charge in [0.1, 0.15) is 5.69 Å². The molecule has 0 spiro atoms. The Kier molecular flexibility index (Phi) is 1.74. The fourth-order valence-corrected chi connectivity index (χ4v) is 2.87. The number of hydrogen-bond acceptors (Lipinski definition) is 5. The van der Waals surface area contributed by atoms with Gasteiger partial charge in [0, 0.05) is 11.3 Å². The maximum Gasteiger partial charge on any atom is 0.230 e. The molecule has 2 aliphatic rings. The van der Waals surface area contributed by atoms with E-state index < -0.39 is 0 Å². The normalized spacial score (nSPS) is 28.2. The highest BCUT2D eigenvalue weighted by atomic mass is 32.1. The van der Waals surface area contributed by atoms with E-state index in [4.69, 9.17) is 4.52 Å². The van der Waals surface area contributed by atoms with Gasteiger partial charge in [-0.05, 0) is 48.7 Å². The summed E-state index contributed by atoms with van der Waals surface area (Å²) in [5.74, 6) is 3.76. The van der Waals surface area contributed by atoms with Gasteiger partial charge >= 0.3 is 0 Å². The second-order valence-corrected chi connectivity index (χ2v) is 5.35. The molecule has 2 aromatic heterocycles. The third-order valence-corrected chi connectivity index (χ3v) is 4.05. The zero-order valence-corrected chi connectivity index (χ0v) is 9.48. The quantitative estimate of drug-likeness (QED) is 0.817. The molecule has 2 aromatic rings. The Morgan fingerprint density at radius 1 is 1.38 bits per heavy atom. The molecule has 0 N–H and O–H groups in total. The van der Waals surface area contributed by atoms with Crippen LogP contribution >= 0.6 is 11.5 Å². The van der Waals surface area contributed by atoms with Gasteiger partial charge in [-0.15, -0.1) is 0 Å². The molecule has 2 atom stereocenters. The summed E-state index contributed by atoms with van der Waals surface area (Å²) >= 11 is 1.41. The molecule has 0 radical (unpaired) electrons. The van der Waals surface area contributed by atoms with E-state index in [1.54, 1.807) is 0 Å². The highest BCUT2D eigenvalue weighted by Gasteiger charge is 2.50. The smallest absolute Gasteiger partial charge is 0.230 e. The standard InChI is InChI=1S/C11H11N3OS/c1-2-6(1)7-5-8(7)11-12-10(13-15-11)9-3-4-16-14-9/h3-4,6-8H,1-2,5H2. The Morgan fingerprint density at radius 2 is 2.31 bits per heavy atom. The predicted octanol–water partition coefficient (Wildman–Crippen LogP) is 2.71. The van der Waals surface area contributed by atoms with E-state index in [0.717, 1.165) is 23.4 Å². The summed E-state index contributed by atoms with van der Waals surface area (Å²) in [6, 6.07) is 1.92. The third-order valence-electron chi connectivity index (χ3n) is 3.49. The third kappa shape index (κ3) is 1.38. The average molecular weight is 233 g/mol. The molecule has 0 bridgehead atoms. The van der Waals surface area contributed by atoms with Crippen molar-refractivity contribution >= 4 is 11.5 Å². The molecular formula is C11H11N3OS. The van der Waals surface area contributed by atoms with Gasteiger partial charge in [0.2, 0.25) is 11.7 Å². The van der Waals surface area contributed by atoms with Crippen molar-refractivity contribution in [3.63, 3.8) is 0 Å². The van der Waals surface area contributed by atoms with Gasteiger partial charge in [0.05, 0.1) is 0 Å². The Labute approximate surface area is 96.9 Å². The summed E-state index contributed by atoms with van der Waals surface area (Å²) < 4.78 is 9.53. The monoisotopic (exact) mass is 233 g/mol. The summed E-state index contributed by atoms with van der Waals surface area (Å²) in [5, 5.41) is 5.92. The molecule has 0 aliphatic heterocycles. The van der Waals surface area contributed by atoms with Crippen molar-refractivity contribution in [3.05, 3.63) is 17.3 Å². The lowest BCUT2D eigenvalue weighted by Crippen LogP contribution is -1.86. The predicted molar refractivity (Wildman–Crippen MR) is 59.0 cm³/mol. The molecule has 4 nitrogen and oxygen atoms in total. The van der Waals surface area contributed by atoms with E-state index in [-0.39, 0.29) is 0 Å². The lowest BCUT2D eigenvalue weighted by molar-refractivity contribution is 0.374. The first kappa shape index (κ1) is 8.87. The largest absolute Gasteiger partial charge is 0.339 e. The number of aromatic nitrogens is 3. The van der Waals surface area contributed by atoms with Crippen LogP contribution in [0.1, 0.15) is 31.1 Å². The van der Waals surface area contributed by atoms with Gasteiger partial charge in [0.25, 0.3) is 0 Å². The maximum absolute atomic E-state index is 5.32. The number of hydrogen-bond donors (Lipinski definition) is 0. The molecule has 2 heterocycles. The molecule has 0 aromatic carbocycles. The first-order valence-corrected chi connectivity index (χ1v) is 6.50. The van der Waals surface area contributed by atoms with E-state index in [1.807, 2.05) is 11.4 Å². The van der Waals surface area contributed by atoms with E-state index in [9.17, 15) is 0 Å². The van der Waals surface area contributed by atoms with Gasteiger partial charge in [-0.2, -0.15) is 9.36 Å². The lowest BCUT2D eigenvalue weighted by Gasteiger charge is -1.88. The second-order valence-electron chi connectivity index (χ2n) is 4.68. The maximum atomic E-state index is 5.32. The number of nitrogens with zero attached hydrogens (tertiary/aromatic N) is 3. The van der Waals surface area contributed by atoms with Crippen molar-refractivity contribution in [1.82, 2.24) is 14.5 Å². The van der Waals surface area contributed by atoms with Crippen LogP contribution < -0.4 is 0 Å². The Hall–Kier alpha value is -1.23. The van der Waals surface area contributed by atoms with Crippen LogP contribution in [0.2, 0.25) is 0 Å². The minimum absolute atomic E-state index is 0.535. The van der Waals surface area contributed by atoms with Gasteiger partial charge in [-0.3, -0.25) is 0 Å². The van der Waals surface area contributed by atoms with Crippen LogP contribution in [-0.4, -0.2) is 14.5 Å². The van der Waals surface area contributed by atoms with Crippen molar-refractivity contribution in [2.75, 3.05) is 0 Å².